The second-order valence-electron chi connectivity index (χ2n) is 2.83. The van der Waals surface area contributed by atoms with Crippen LogP contribution >= 0.6 is 15.9 Å². The zero-order valence-corrected chi connectivity index (χ0v) is 8.02. The van der Waals surface area contributed by atoms with E-state index in [1.54, 1.807) is 18.3 Å². The molecule has 0 amide bonds. The Kier molecular flexibility index (Phi) is 2.28. The number of hydrogen-bond acceptors (Lipinski definition) is 1. The fraction of sp³-hybridized carbons (Fsp3) is 0.375. The molecule has 0 aliphatic carbocycles. The van der Waals surface area contributed by atoms with E-state index >= 15 is 0 Å². The molecule has 3 heteroatoms. The van der Waals surface area contributed by atoms with Crippen molar-refractivity contribution in [2.24, 2.45) is 0 Å². The van der Waals surface area contributed by atoms with Gasteiger partial charge in [-0.25, -0.2) is 4.39 Å². The van der Waals surface area contributed by atoms with Crippen molar-refractivity contribution in [3.05, 3.63) is 28.5 Å². The highest BCUT2D eigenvalue weighted by Gasteiger charge is 2.19. The van der Waals surface area contributed by atoms with Gasteiger partial charge in [0.15, 0.2) is 0 Å². The minimum absolute atomic E-state index is 0.459. The highest BCUT2D eigenvalue weighted by Crippen LogP contribution is 2.22. The SMILES string of the molecule is CC(C)(F)c1ccc(Br)cn1. The number of alkyl halides is 1. The molecule has 1 heterocycles. The van der Waals surface area contributed by atoms with E-state index in [2.05, 4.69) is 20.9 Å². The minimum atomic E-state index is -1.35. The maximum atomic E-state index is 13.2. The van der Waals surface area contributed by atoms with Crippen LogP contribution in [0.15, 0.2) is 22.8 Å². The van der Waals surface area contributed by atoms with Crippen molar-refractivity contribution < 1.29 is 4.39 Å². The lowest BCUT2D eigenvalue weighted by atomic mass is 10.1. The third-order valence-electron chi connectivity index (χ3n) is 1.34. The Morgan fingerprint density at radius 2 is 2.09 bits per heavy atom. The first-order valence-electron chi connectivity index (χ1n) is 3.31. The molecule has 0 bridgehead atoms. The zero-order valence-electron chi connectivity index (χ0n) is 6.44. The van der Waals surface area contributed by atoms with E-state index in [0.29, 0.717) is 5.69 Å². The molecule has 1 aromatic heterocycles. The predicted molar refractivity (Wildman–Crippen MR) is 46.1 cm³/mol. The highest BCUT2D eigenvalue weighted by atomic mass is 79.9. The van der Waals surface area contributed by atoms with Crippen molar-refractivity contribution >= 4 is 15.9 Å². The third-order valence-corrected chi connectivity index (χ3v) is 1.81. The van der Waals surface area contributed by atoms with Crippen LogP contribution in [0.1, 0.15) is 19.5 Å². The summed E-state index contributed by atoms with van der Waals surface area (Å²) >= 11 is 3.23. The maximum absolute atomic E-state index is 13.2. The first-order chi connectivity index (χ1) is 5.00. The molecule has 0 aliphatic rings. The van der Waals surface area contributed by atoms with Crippen molar-refractivity contribution in [3.8, 4) is 0 Å². The summed E-state index contributed by atoms with van der Waals surface area (Å²) in [6.45, 7) is 2.98. The van der Waals surface area contributed by atoms with Gasteiger partial charge < -0.3 is 0 Å². The summed E-state index contributed by atoms with van der Waals surface area (Å²) in [5.41, 5.74) is -0.888. The Morgan fingerprint density at radius 3 is 2.45 bits per heavy atom. The third kappa shape index (κ3) is 2.26. The minimum Gasteiger partial charge on any atom is -0.257 e. The first kappa shape index (κ1) is 8.65. The summed E-state index contributed by atoms with van der Waals surface area (Å²) in [7, 11) is 0. The first-order valence-corrected chi connectivity index (χ1v) is 4.10. The molecule has 0 aromatic carbocycles. The molecular weight excluding hydrogens is 209 g/mol. The van der Waals surface area contributed by atoms with E-state index in [1.807, 2.05) is 0 Å². The summed E-state index contributed by atoms with van der Waals surface area (Å²) < 4.78 is 14.0. The van der Waals surface area contributed by atoms with E-state index in [-0.39, 0.29) is 0 Å². The molecule has 1 rings (SSSR count). The van der Waals surface area contributed by atoms with Crippen LogP contribution in [-0.2, 0) is 5.67 Å². The van der Waals surface area contributed by atoms with E-state index < -0.39 is 5.67 Å². The maximum Gasteiger partial charge on any atom is 0.147 e. The second-order valence-corrected chi connectivity index (χ2v) is 3.75. The summed E-state index contributed by atoms with van der Waals surface area (Å²) in [6, 6.07) is 3.45. The van der Waals surface area contributed by atoms with Crippen LogP contribution in [0.5, 0.6) is 0 Å². The Morgan fingerprint density at radius 1 is 1.45 bits per heavy atom. The lowest BCUT2D eigenvalue weighted by Gasteiger charge is -2.12. The van der Waals surface area contributed by atoms with Crippen LogP contribution in [0, 0.1) is 0 Å². The summed E-state index contributed by atoms with van der Waals surface area (Å²) in [5.74, 6) is 0. The van der Waals surface area contributed by atoms with Gasteiger partial charge in [0.1, 0.15) is 5.67 Å². The number of rotatable bonds is 1. The molecule has 0 radical (unpaired) electrons. The van der Waals surface area contributed by atoms with Crippen LogP contribution < -0.4 is 0 Å². The van der Waals surface area contributed by atoms with Gasteiger partial charge in [-0.3, -0.25) is 4.98 Å². The molecule has 11 heavy (non-hydrogen) atoms. The van der Waals surface area contributed by atoms with Gasteiger partial charge in [-0.2, -0.15) is 0 Å². The number of aromatic nitrogens is 1. The van der Waals surface area contributed by atoms with Crippen molar-refractivity contribution in [3.63, 3.8) is 0 Å². The van der Waals surface area contributed by atoms with E-state index in [0.717, 1.165) is 4.47 Å². The normalized spacial score (nSPS) is 11.6. The van der Waals surface area contributed by atoms with E-state index in [1.165, 1.54) is 13.8 Å². The molecular formula is C8H9BrFN. The van der Waals surface area contributed by atoms with Gasteiger partial charge in [0, 0.05) is 10.7 Å². The topological polar surface area (TPSA) is 12.9 Å². The van der Waals surface area contributed by atoms with Crippen molar-refractivity contribution in [1.29, 1.82) is 0 Å². The molecule has 60 valence electrons. The number of hydrogen-bond donors (Lipinski definition) is 0. The lowest BCUT2D eigenvalue weighted by molar-refractivity contribution is 0.214. The molecule has 1 aromatic rings. The Bertz CT molecular complexity index is 237. The molecule has 0 spiro atoms. The molecule has 0 aliphatic heterocycles. The monoisotopic (exact) mass is 217 g/mol. The average Bonchev–Trinajstić information content (AvgIpc) is 1.86. The lowest BCUT2D eigenvalue weighted by Crippen LogP contribution is -2.10. The quantitative estimate of drug-likeness (QED) is 0.705. The fourth-order valence-corrected chi connectivity index (χ4v) is 0.962. The van der Waals surface area contributed by atoms with Crippen LogP contribution in [-0.4, -0.2) is 4.98 Å². The highest BCUT2D eigenvalue weighted by molar-refractivity contribution is 9.10. The van der Waals surface area contributed by atoms with Gasteiger partial charge in [-0.1, -0.05) is 0 Å². The van der Waals surface area contributed by atoms with Gasteiger partial charge in [-0.05, 0) is 41.9 Å². The number of pyridine rings is 1. The second kappa shape index (κ2) is 2.89. The number of halogens is 2. The van der Waals surface area contributed by atoms with Crippen LogP contribution in [0.25, 0.3) is 0 Å². The summed E-state index contributed by atoms with van der Waals surface area (Å²) in [6.07, 6.45) is 1.59. The number of nitrogens with zero attached hydrogens (tertiary/aromatic N) is 1. The molecule has 0 saturated heterocycles. The van der Waals surface area contributed by atoms with E-state index in [4.69, 9.17) is 0 Å². The van der Waals surface area contributed by atoms with Crippen molar-refractivity contribution in [2.75, 3.05) is 0 Å². The summed E-state index contributed by atoms with van der Waals surface area (Å²) in [5, 5.41) is 0. The van der Waals surface area contributed by atoms with Crippen molar-refractivity contribution in [1.82, 2.24) is 4.98 Å². The Labute approximate surface area is 73.8 Å². The summed E-state index contributed by atoms with van der Waals surface area (Å²) in [4.78, 5) is 3.93. The van der Waals surface area contributed by atoms with E-state index in [9.17, 15) is 4.39 Å². The molecule has 0 N–H and O–H groups in total. The van der Waals surface area contributed by atoms with Gasteiger partial charge >= 0.3 is 0 Å². The molecule has 0 unspecified atom stereocenters. The van der Waals surface area contributed by atoms with Crippen LogP contribution in [0.3, 0.4) is 0 Å². The smallest absolute Gasteiger partial charge is 0.147 e. The molecule has 0 atom stereocenters. The van der Waals surface area contributed by atoms with Gasteiger partial charge in [0.25, 0.3) is 0 Å². The Hall–Kier alpha value is -0.440. The average molecular weight is 218 g/mol. The molecule has 0 saturated carbocycles. The predicted octanol–water partition coefficient (Wildman–Crippen LogP) is 3.05. The molecule has 1 nitrogen and oxygen atoms in total. The zero-order chi connectivity index (χ0) is 8.48. The fourth-order valence-electron chi connectivity index (χ4n) is 0.727. The van der Waals surface area contributed by atoms with Crippen molar-refractivity contribution in [2.45, 2.75) is 19.5 Å². The standard InChI is InChI=1S/C8H9BrFN/c1-8(2,10)7-4-3-6(9)5-11-7/h3-5H,1-2H3. The van der Waals surface area contributed by atoms with Crippen LogP contribution in [0.4, 0.5) is 4.39 Å². The Balaban J connectivity index is 2.99. The largest absolute Gasteiger partial charge is 0.257 e. The van der Waals surface area contributed by atoms with Gasteiger partial charge in [0.05, 0.1) is 5.69 Å². The van der Waals surface area contributed by atoms with Crippen LogP contribution in [0.2, 0.25) is 0 Å². The molecule has 0 fully saturated rings. The van der Waals surface area contributed by atoms with Gasteiger partial charge in [0.2, 0.25) is 0 Å². The van der Waals surface area contributed by atoms with Gasteiger partial charge in [-0.15, -0.1) is 0 Å².